The van der Waals surface area contributed by atoms with Gasteiger partial charge in [0, 0.05) is 23.4 Å². The van der Waals surface area contributed by atoms with Crippen LogP contribution >= 0.6 is 27.7 Å². The molecule has 1 aromatic heterocycles. The lowest BCUT2D eigenvalue weighted by Gasteiger charge is -2.21. The molecule has 92 valence electrons. The van der Waals surface area contributed by atoms with E-state index in [0.717, 1.165) is 11.0 Å². The Bertz CT molecular complexity index is 394. The molecule has 0 spiro atoms. The molecule has 0 bridgehead atoms. The molecule has 1 amide bonds. The van der Waals surface area contributed by atoms with E-state index >= 15 is 0 Å². The van der Waals surface area contributed by atoms with E-state index in [1.54, 1.807) is 18.5 Å². The Hall–Kier alpha value is -0.550. The number of pyridine rings is 1. The minimum atomic E-state index is -0.0305. The molecule has 0 saturated carbocycles. The van der Waals surface area contributed by atoms with E-state index in [4.69, 9.17) is 0 Å². The van der Waals surface area contributed by atoms with Crippen molar-refractivity contribution in [1.29, 1.82) is 0 Å². The molecule has 0 aromatic carbocycles. The molecule has 0 aliphatic carbocycles. The minimum Gasteiger partial charge on any atom is -0.352 e. The van der Waals surface area contributed by atoms with E-state index in [2.05, 4.69) is 26.2 Å². The fourth-order valence-corrected chi connectivity index (χ4v) is 3.39. The van der Waals surface area contributed by atoms with Crippen molar-refractivity contribution in [3.8, 4) is 0 Å². The number of rotatable bonds is 3. The van der Waals surface area contributed by atoms with Gasteiger partial charge in [0.2, 0.25) is 0 Å². The topological polar surface area (TPSA) is 42.0 Å². The third-order valence-corrected chi connectivity index (χ3v) is 4.34. The first-order valence-electron chi connectivity index (χ1n) is 5.72. The van der Waals surface area contributed by atoms with E-state index in [9.17, 15) is 4.79 Å². The predicted molar refractivity (Wildman–Crippen MR) is 74.3 cm³/mol. The SMILES string of the molecule is O=C(NCC1CCSCC1)c1cncc(Br)c1. The van der Waals surface area contributed by atoms with E-state index in [1.165, 1.54) is 24.3 Å². The van der Waals surface area contributed by atoms with Gasteiger partial charge in [0.1, 0.15) is 0 Å². The summed E-state index contributed by atoms with van der Waals surface area (Å²) in [5.41, 5.74) is 0.615. The van der Waals surface area contributed by atoms with Crippen LogP contribution in [0, 0.1) is 5.92 Å². The van der Waals surface area contributed by atoms with Gasteiger partial charge in [-0.25, -0.2) is 0 Å². The molecule has 0 radical (unpaired) electrons. The second-order valence-corrected chi connectivity index (χ2v) is 6.30. The standard InChI is InChI=1S/C12H15BrN2OS/c13-11-5-10(7-14-8-11)12(16)15-6-9-1-3-17-4-2-9/h5,7-9H,1-4,6H2,(H,15,16). The molecule has 5 heteroatoms. The predicted octanol–water partition coefficient (Wildman–Crippen LogP) is 2.72. The van der Waals surface area contributed by atoms with Crippen LogP contribution in [0.3, 0.4) is 0 Å². The maximum Gasteiger partial charge on any atom is 0.252 e. The van der Waals surface area contributed by atoms with E-state index in [0.29, 0.717) is 11.5 Å². The zero-order chi connectivity index (χ0) is 12.1. The molecule has 3 nitrogen and oxygen atoms in total. The molecular formula is C12H15BrN2OS. The Morgan fingerprint density at radius 1 is 1.47 bits per heavy atom. The molecule has 17 heavy (non-hydrogen) atoms. The number of halogens is 1. The Balaban J connectivity index is 1.84. The first kappa shape index (κ1) is 12.9. The second kappa shape index (κ2) is 6.40. The molecule has 1 N–H and O–H groups in total. The van der Waals surface area contributed by atoms with Crippen molar-refractivity contribution in [3.63, 3.8) is 0 Å². The van der Waals surface area contributed by atoms with E-state index < -0.39 is 0 Å². The highest BCUT2D eigenvalue weighted by Gasteiger charge is 2.15. The lowest BCUT2D eigenvalue weighted by atomic mass is 10.0. The molecular weight excluding hydrogens is 300 g/mol. The molecule has 1 fully saturated rings. The van der Waals surface area contributed by atoms with Gasteiger partial charge in [0.05, 0.1) is 5.56 Å². The van der Waals surface area contributed by atoms with Crippen LogP contribution in [-0.2, 0) is 0 Å². The van der Waals surface area contributed by atoms with Gasteiger partial charge >= 0.3 is 0 Å². The van der Waals surface area contributed by atoms with Crippen LogP contribution in [0.25, 0.3) is 0 Å². The normalized spacial score (nSPS) is 16.8. The summed E-state index contributed by atoms with van der Waals surface area (Å²) >= 11 is 5.32. The summed E-state index contributed by atoms with van der Waals surface area (Å²) in [5, 5.41) is 2.99. The monoisotopic (exact) mass is 314 g/mol. The van der Waals surface area contributed by atoms with Crippen LogP contribution < -0.4 is 5.32 Å². The third kappa shape index (κ3) is 4.00. The van der Waals surface area contributed by atoms with Crippen molar-refractivity contribution in [2.75, 3.05) is 18.1 Å². The summed E-state index contributed by atoms with van der Waals surface area (Å²) in [6.07, 6.45) is 5.69. The lowest BCUT2D eigenvalue weighted by molar-refractivity contribution is 0.0946. The number of hydrogen-bond acceptors (Lipinski definition) is 3. The summed E-state index contributed by atoms with van der Waals surface area (Å²) in [6.45, 7) is 0.784. The number of amides is 1. The number of hydrogen-bond donors (Lipinski definition) is 1. The van der Waals surface area contributed by atoms with Crippen LogP contribution in [0.4, 0.5) is 0 Å². The van der Waals surface area contributed by atoms with Crippen molar-refractivity contribution in [2.24, 2.45) is 5.92 Å². The highest BCUT2D eigenvalue weighted by atomic mass is 79.9. The highest BCUT2D eigenvalue weighted by Crippen LogP contribution is 2.21. The van der Waals surface area contributed by atoms with Crippen molar-refractivity contribution in [2.45, 2.75) is 12.8 Å². The number of aromatic nitrogens is 1. The van der Waals surface area contributed by atoms with E-state index in [1.807, 2.05) is 11.8 Å². The molecule has 1 aliphatic heterocycles. The first-order chi connectivity index (χ1) is 8.25. The van der Waals surface area contributed by atoms with Crippen LogP contribution in [0.2, 0.25) is 0 Å². The maximum absolute atomic E-state index is 11.9. The largest absolute Gasteiger partial charge is 0.352 e. The highest BCUT2D eigenvalue weighted by molar-refractivity contribution is 9.10. The molecule has 1 aromatic rings. The van der Waals surface area contributed by atoms with Gasteiger partial charge < -0.3 is 5.32 Å². The smallest absolute Gasteiger partial charge is 0.252 e. The number of carbonyl (C=O) groups is 1. The van der Waals surface area contributed by atoms with Crippen LogP contribution in [0.15, 0.2) is 22.9 Å². The maximum atomic E-state index is 11.9. The van der Waals surface area contributed by atoms with Gasteiger partial charge in [0.25, 0.3) is 5.91 Å². The Labute approximate surface area is 114 Å². The quantitative estimate of drug-likeness (QED) is 0.932. The average molecular weight is 315 g/mol. The first-order valence-corrected chi connectivity index (χ1v) is 7.67. The lowest BCUT2D eigenvalue weighted by Crippen LogP contribution is -2.31. The summed E-state index contributed by atoms with van der Waals surface area (Å²) in [6, 6.07) is 1.79. The van der Waals surface area contributed by atoms with Crippen LogP contribution in [0.1, 0.15) is 23.2 Å². The van der Waals surface area contributed by atoms with Gasteiger partial charge in [-0.05, 0) is 52.3 Å². The van der Waals surface area contributed by atoms with Gasteiger partial charge in [-0.1, -0.05) is 0 Å². The van der Waals surface area contributed by atoms with Crippen LogP contribution in [-0.4, -0.2) is 28.9 Å². The average Bonchev–Trinajstić information content (AvgIpc) is 2.37. The molecule has 0 unspecified atom stereocenters. The number of nitrogens with zero attached hydrogens (tertiary/aromatic N) is 1. The Morgan fingerprint density at radius 3 is 2.94 bits per heavy atom. The zero-order valence-corrected chi connectivity index (χ0v) is 11.9. The van der Waals surface area contributed by atoms with Gasteiger partial charge in [-0.3, -0.25) is 9.78 Å². The number of carbonyl (C=O) groups excluding carboxylic acids is 1. The third-order valence-electron chi connectivity index (χ3n) is 2.86. The van der Waals surface area contributed by atoms with Crippen LogP contribution in [0.5, 0.6) is 0 Å². The summed E-state index contributed by atoms with van der Waals surface area (Å²) in [7, 11) is 0. The minimum absolute atomic E-state index is 0.0305. The van der Waals surface area contributed by atoms with Gasteiger partial charge in [0.15, 0.2) is 0 Å². The summed E-state index contributed by atoms with van der Waals surface area (Å²) in [5.74, 6) is 3.05. The van der Waals surface area contributed by atoms with Crippen molar-refractivity contribution < 1.29 is 4.79 Å². The van der Waals surface area contributed by atoms with E-state index in [-0.39, 0.29) is 5.91 Å². The summed E-state index contributed by atoms with van der Waals surface area (Å²) in [4.78, 5) is 15.9. The number of thioether (sulfide) groups is 1. The molecule has 2 rings (SSSR count). The second-order valence-electron chi connectivity index (χ2n) is 4.16. The van der Waals surface area contributed by atoms with Crippen molar-refractivity contribution in [3.05, 3.63) is 28.5 Å². The number of nitrogens with one attached hydrogen (secondary N) is 1. The molecule has 1 saturated heterocycles. The molecule has 1 aliphatic rings. The Morgan fingerprint density at radius 2 is 2.24 bits per heavy atom. The van der Waals surface area contributed by atoms with Gasteiger partial charge in [-0.15, -0.1) is 0 Å². The molecule has 2 heterocycles. The zero-order valence-electron chi connectivity index (χ0n) is 9.49. The van der Waals surface area contributed by atoms with Crippen molar-refractivity contribution >= 4 is 33.6 Å². The summed E-state index contributed by atoms with van der Waals surface area (Å²) < 4.78 is 0.833. The fourth-order valence-electron chi connectivity index (χ4n) is 1.83. The Kier molecular flexibility index (Phi) is 4.86. The fraction of sp³-hybridized carbons (Fsp3) is 0.500. The van der Waals surface area contributed by atoms with Gasteiger partial charge in [-0.2, -0.15) is 11.8 Å². The van der Waals surface area contributed by atoms with Crippen molar-refractivity contribution in [1.82, 2.24) is 10.3 Å². The molecule has 0 atom stereocenters.